The van der Waals surface area contributed by atoms with Crippen LogP contribution in [-0.4, -0.2) is 12.6 Å². The summed E-state index contributed by atoms with van der Waals surface area (Å²) in [5.74, 6) is 0.405. The zero-order chi connectivity index (χ0) is 17.4. The number of para-hydroxylation sites is 1. The summed E-state index contributed by atoms with van der Waals surface area (Å²) in [6.45, 7) is 4.54. The highest BCUT2D eigenvalue weighted by Crippen LogP contribution is 2.52. The summed E-state index contributed by atoms with van der Waals surface area (Å²) in [5.41, 5.74) is 1.58. The molecular formula is C21H19FO3. The summed E-state index contributed by atoms with van der Waals surface area (Å²) in [7, 11) is 0. The van der Waals surface area contributed by atoms with E-state index >= 15 is 0 Å². The number of allylic oxidation sites excluding steroid dienone is 1. The monoisotopic (exact) mass is 338 g/mol. The van der Waals surface area contributed by atoms with E-state index in [4.69, 9.17) is 9.47 Å². The molecule has 2 aliphatic rings. The minimum atomic E-state index is -0.506. The largest absolute Gasteiger partial charge is 0.465 e. The molecule has 0 bridgehead atoms. The fourth-order valence-electron chi connectivity index (χ4n) is 4.00. The fraction of sp³-hybridized carbons (Fsp3) is 0.286. The summed E-state index contributed by atoms with van der Waals surface area (Å²) in [5, 5.41) is 0. The quantitative estimate of drug-likeness (QED) is 0.600. The molecule has 1 aliphatic carbocycles. The molecule has 0 aromatic heterocycles. The smallest absolute Gasteiger partial charge is 0.313 e. The molecule has 2 aromatic rings. The molecule has 0 radical (unpaired) electrons. The molecule has 2 unspecified atom stereocenters. The second-order valence-electron chi connectivity index (χ2n) is 6.94. The topological polar surface area (TPSA) is 35.5 Å². The second-order valence-corrected chi connectivity index (χ2v) is 6.94. The van der Waals surface area contributed by atoms with Crippen molar-refractivity contribution in [3.05, 3.63) is 72.1 Å². The maximum Gasteiger partial charge on any atom is 0.313 e. The molecule has 25 heavy (non-hydrogen) atoms. The zero-order valence-corrected chi connectivity index (χ0v) is 13.8. The third kappa shape index (κ3) is 2.82. The van der Waals surface area contributed by atoms with Crippen LogP contribution in [0.4, 0.5) is 4.39 Å². The van der Waals surface area contributed by atoms with Gasteiger partial charge in [0.2, 0.25) is 0 Å². The van der Waals surface area contributed by atoms with Crippen LogP contribution in [-0.2, 0) is 16.0 Å². The Kier molecular flexibility index (Phi) is 3.83. The predicted octanol–water partition coefficient (Wildman–Crippen LogP) is 4.67. The Morgan fingerprint density at radius 1 is 1.24 bits per heavy atom. The van der Waals surface area contributed by atoms with E-state index in [0.29, 0.717) is 25.2 Å². The lowest BCUT2D eigenvalue weighted by atomic mass is 9.75. The van der Waals surface area contributed by atoms with Gasteiger partial charge in [-0.25, -0.2) is 4.39 Å². The van der Waals surface area contributed by atoms with Crippen LogP contribution in [0, 0.1) is 17.2 Å². The van der Waals surface area contributed by atoms with Crippen LogP contribution < -0.4 is 4.74 Å². The fourth-order valence-corrected chi connectivity index (χ4v) is 4.00. The highest BCUT2D eigenvalue weighted by molar-refractivity contribution is 5.81. The van der Waals surface area contributed by atoms with Gasteiger partial charge in [-0.2, -0.15) is 0 Å². The first kappa shape index (κ1) is 15.9. The Bertz CT molecular complexity index is 845. The molecule has 1 saturated carbocycles. The van der Waals surface area contributed by atoms with Gasteiger partial charge in [-0.05, 0) is 49.1 Å². The van der Waals surface area contributed by atoms with Crippen molar-refractivity contribution >= 4 is 5.97 Å². The van der Waals surface area contributed by atoms with E-state index in [0.717, 1.165) is 17.6 Å². The number of rotatable bonds is 4. The van der Waals surface area contributed by atoms with Gasteiger partial charge in [-0.1, -0.05) is 36.4 Å². The number of hydrogen-bond acceptors (Lipinski definition) is 3. The predicted molar refractivity (Wildman–Crippen MR) is 91.9 cm³/mol. The van der Waals surface area contributed by atoms with E-state index in [1.807, 2.05) is 18.2 Å². The molecule has 128 valence electrons. The van der Waals surface area contributed by atoms with E-state index in [1.165, 1.54) is 6.07 Å². The number of carbonyl (C=O) groups is 1. The first-order chi connectivity index (χ1) is 12.1. The number of esters is 1. The third-order valence-electron chi connectivity index (χ3n) is 5.19. The number of fused-ring (bicyclic) bond motifs is 1. The molecule has 1 aliphatic heterocycles. The van der Waals surface area contributed by atoms with E-state index in [1.54, 1.807) is 24.3 Å². The molecule has 2 fully saturated rings. The lowest BCUT2D eigenvalue weighted by Crippen LogP contribution is -2.31. The van der Waals surface area contributed by atoms with Gasteiger partial charge >= 0.3 is 5.97 Å². The first-order valence-electron chi connectivity index (χ1n) is 8.42. The Morgan fingerprint density at radius 3 is 2.92 bits per heavy atom. The molecule has 4 rings (SSSR count). The number of cyclic esters (lactones) is 1. The van der Waals surface area contributed by atoms with E-state index in [2.05, 4.69) is 6.58 Å². The molecule has 2 aromatic carbocycles. The number of ether oxygens (including phenoxy) is 2. The van der Waals surface area contributed by atoms with Crippen LogP contribution in [0.25, 0.3) is 0 Å². The number of halogens is 1. The van der Waals surface area contributed by atoms with Gasteiger partial charge in [-0.3, -0.25) is 4.79 Å². The van der Waals surface area contributed by atoms with Gasteiger partial charge in [0.1, 0.15) is 5.75 Å². The standard InChI is InChI=1S/C21H19FO3/c1-14-9-16-13-24-20(23)21(16,11-14)12-15-5-4-6-17(10-15)25-19-8-3-2-7-18(19)22/h2-8,10,16H,1,9,11-13H2. The molecule has 0 N–H and O–H groups in total. The van der Waals surface area contributed by atoms with Crippen molar-refractivity contribution in [2.24, 2.45) is 11.3 Å². The van der Waals surface area contributed by atoms with Crippen molar-refractivity contribution in [2.75, 3.05) is 6.61 Å². The Morgan fingerprint density at radius 2 is 2.08 bits per heavy atom. The lowest BCUT2D eigenvalue weighted by molar-refractivity contribution is -0.146. The van der Waals surface area contributed by atoms with Gasteiger partial charge in [0, 0.05) is 5.92 Å². The summed E-state index contributed by atoms with van der Waals surface area (Å²) in [6.07, 6.45) is 2.11. The van der Waals surface area contributed by atoms with Gasteiger partial charge < -0.3 is 9.47 Å². The first-order valence-corrected chi connectivity index (χ1v) is 8.42. The molecule has 3 nitrogen and oxygen atoms in total. The molecule has 0 amide bonds. The maximum absolute atomic E-state index is 13.8. The van der Waals surface area contributed by atoms with E-state index < -0.39 is 11.2 Å². The molecular weight excluding hydrogens is 319 g/mol. The molecule has 0 spiro atoms. The highest BCUT2D eigenvalue weighted by Gasteiger charge is 2.55. The SMILES string of the molecule is C=C1CC2COC(=O)C2(Cc2cccc(Oc3ccccc3F)c2)C1. The van der Waals surface area contributed by atoms with Crippen molar-refractivity contribution in [1.82, 2.24) is 0 Å². The van der Waals surface area contributed by atoms with Gasteiger partial charge in [-0.15, -0.1) is 0 Å². The third-order valence-corrected chi connectivity index (χ3v) is 5.19. The van der Waals surface area contributed by atoms with Crippen LogP contribution in [0.3, 0.4) is 0 Å². The Labute approximate surface area is 146 Å². The summed E-state index contributed by atoms with van der Waals surface area (Å²) in [6, 6.07) is 13.8. The summed E-state index contributed by atoms with van der Waals surface area (Å²) >= 11 is 0. The van der Waals surface area contributed by atoms with Crippen molar-refractivity contribution in [3.63, 3.8) is 0 Å². The highest BCUT2D eigenvalue weighted by atomic mass is 19.1. The summed E-state index contributed by atoms with van der Waals surface area (Å²) in [4.78, 5) is 12.4. The molecule has 1 saturated heterocycles. The van der Waals surface area contributed by atoms with Crippen molar-refractivity contribution < 1.29 is 18.7 Å². The number of benzene rings is 2. The normalized spacial score (nSPS) is 24.9. The van der Waals surface area contributed by atoms with Crippen molar-refractivity contribution in [3.8, 4) is 11.5 Å². The minimum Gasteiger partial charge on any atom is -0.465 e. The van der Waals surface area contributed by atoms with Crippen LogP contribution in [0.2, 0.25) is 0 Å². The average molecular weight is 338 g/mol. The van der Waals surface area contributed by atoms with E-state index in [9.17, 15) is 9.18 Å². The number of hydrogen-bond donors (Lipinski definition) is 0. The molecule has 4 heteroatoms. The Hall–Kier alpha value is -2.62. The van der Waals surface area contributed by atoms with Crippen molar-refractivity contribution in [2.45, 2.75) is 19.3 Å². The van der Waals surface area contributed by atoms with Gasteiger partial charge in [0.15, 0.2) is 11.6 Å². The lowest BCUT2D eigenvalue weighted by Gasteiger charge is -2.24. The number of carbonyl (C=O) groups excluding carboxylic acids is 1. The van der Waals surface area contributed by atoms with Gasteiger partial charge in [0.25, 0.3) is 0 Å². The van der Waals surface area contributed by atoms with Crippen LogP contribution in [0.15, 0.2) is 60.7 Å². The minimum absolute atomic E-state index is 0.128. The molecule has 1 heterocycles. The maximum atomic E-state index is 13.8. The Balaban J connectivity index is 1.59. The van der Waals surface area contributed by atoms with Gasteiger partial charge in [0.05, 0.1) is 12.0 Å². The van der Waals surface area contributed by atoms with E-state index in [-0.39, 0.29) is 17.6 Å². The van der Waals surface area contributed by atoms with Crippen LogP contribution in [0.1, 0.15) is 18.4 Å². The van der Waals surface area contributed by atoms with Crippen molar-refractivity contribution in [1.29, 1.82) is 0 Å². The van der Waals surface area contributed by atoms with Crippen LogP contribution in [0.5, 0.6) is 11.5 Å². The van der Waals surface area contributed by atoms with Crippen LogP contribution >= 0.6 is 0 Å². The average Bonchev–Trinajstić information content (AvgIpc) is 3.05. The molecule has 2 atom stereocenters. The zero-order valence-electron chi connectivity index (χ0n) is 13.8. The second kappa shape index (κ2) is 6.03. The summed E-state index contributed by atoms with van der Waals surface area (Å²) < 4.78 is 24.8.